The van der Waals surface area contributed by atoms with Crippen molar-refractivity contribution in [2.45, 2.75) is 13.8 Å². The van der Waals surface area contributed by atoms with Crippen molar-refractivity contribution in [3.05, 3.63) is 12.3 Å². The first kappa shape index (κ1) is 7.01. The van der Waals surface area contributed by atoms with E-state index in [1.807, 2.05) is 0 Å². The van der Waals surface area contributed by atoms with Crippen molar-refractivity contribution in [1.29, 1.82) is 0 Å². The van der Waals surface area contributed by atoms with Gasteiger partial charge in [0.25, 0.3) is 0 Å². The summed E-state index contributed by atoms with van der Waals surface area (Å²) in [5.74, 6) is -0.117. The Morgan fingerprint density at radius 3 is 2.00 bits per heavy atom. The minimum Gasteiger partial charge on any atom is -0.293 e. The number of allylic oxidation sites excluding steroid dienone is 1. The Labute approximate surface area is 47.8 Å². The first-order valence-corrected chi connectivity index (χ1v) is 2.13. The molecule has 0 aromatic carbocycles. The Hall–Kier alpha value is -0.990. The fourth-order valence-electron chi connectivity index (χ4n) is 0.130. The molecule has 8 heavy (non-hydrogen) atoms. The van der Waals surface area contributed by atoms with Gasteiger partial charge in [0.05, 0.1) is 0 Å². The molecule has 0 radical (unpaired) electrons. The molecule has 0 atom stereocenters. The van der Waals surface area contributed by atoms with Gasteiger partial charge in [-0.25, -0.2) is 4.79 Å². The van der Waals surface area contributed by atoms with E-state index in [1.165, 1.54) is 6.92 Å². The van der Waals surface area contributed by atoms with E-state index in [-0.39, 0.29) is 0 Å². The lowest BCUT2D eigenvalue weighted by Gasteiger charge is -1.97. The van der Waals surface area contributed by atoms with E-state index in [9.17, 15) is 4.79 Å². The van der Waals surface area contributed by atoms with Crippen LogP contribution in [0.15, 0.2) is 12.3 Å². The fourth-order valence-corrected chi connectivity index (χ4v) is 0.130. The second-order valence-electron chi connectivity index (χ2n) is 1.36. The van der Waals surface area contributed by atoms with Crippen molar-refractivity contribution >= 4 is 5.97 Å². The van der Waals surface area contributed by atoms with Crippen LogP contribution in [0.1, 0.15) is 13.8 Å². The van der Waals surface area contributed by atoms with Gasteiger partial charge >= 0.3 is 5.97 Å². The van der Waals surface area contributed by atoms with Gasteiger partial charge in [-0.1, -0.05) is 6.58 Å². The van der Waals surface area contributed by atoms with Gasteiger partial charge in [-0.15, -0.1) is 0 Å². The van der Waals surface area contributed by atoms with Crippen LogP contribution in [0.2, 0.25) is 0 Å². The Kier molecular flexibility index (Phi) is 2.69. The average molecular weight is 116 g/mol. The van der Waals surface area contributed by atoms with Crippen molar-refractivity contribution in [2.24, 2.45) is 0 Å². The van der Waals surface area contributed by atoms with Gasteiger partial charge in [0, 0.05) is 6.92 Å². The molecule has 3 nitrogen and oxygen atoms in total. The SMILES string of the molecule is C=C(C)OOC(C)=O. The maximum Gasteiger partial charge on any atom is 0.352 e. The van der Waals surface area contributed by atoms with Gasteiger partial charge in [0.1, 0.15) is 5.76 Å². The van der Waals surface area contributed by atoms with Crippen molar-refractivity contribution in [1.82, 2.24) is 0 Å². The summed E-state index contributed by atoms with van der Waals surface area (Å²) in [6.45, 7) is 6.17. The summed E-state index contributed by atoms with van der Waals surface area (Å²) in [5, 5.41) is 0. The highest BCUT2D eigenvalue weighted by Crippen LogP contribution is 1.90. The Morgan fingerprint density at radius 2 is 1.88 bits per heavy atom. The van der Waals surface area contributed by atoms with Crippen LogP contribution >= 0.6 is 0 Å². The second-order valence-corrected chi connectivity index (χ2v) is 1.36. The van der Waals surface area contributed by atoms with E-state index in [0.717, 1.165) is 0 Å². The first-order chi connectivity index (χ1) is 3.63. The molecular weight excluding hydrogens is 108 g/mol. The van der Waals surface area contributed by atoms with E-state index in [0.29, 0.717) is 5.76 Å². The van der Waals surface area contributed by atoms with E-state index in [1.54, 1.807) is 6.92 Å². The van der Waals surface area contributed by atoms with Gasteiger partial charge in [-0.2, -0.15) is 0 Å². The molecule has 3 heteroatoms. The van der Waals surface area contributed by atoms with Crippen molar-refractivity contribution < 1.29 is 14.6 Å². The van der Waals surface area contributed by atoms with Gasteiger partial charge in [-0.3, -0.25) is 9.78 Å². The highest BCUT2D eigenvalue weighted by atomic mass is 17.2. The summed E-state index contributed by atoms with van der Waals surface area (Å²) >= 11 is 0. The summed E-state index contributed by atoms with van der Waals surface area (Å²) in [6, 6.07) is 0. The molecule has 0 unspecified atom stereocenters. The predicted octanol–water partition coefficient (Wildman–Crippen LogP) is 1.01. The lowest BCUT2D eigenvalue weighted by Crippen LogP contribution is -1.97. The molecule has 0 rings (SSSR count). The Bertz CT molecular complexity index is 92.2. The molecule has 0 amide bonds. The van der Waals surface area contributed by atoms with Crippen LogP contribution in [-0.4, -0.2) is 5.97 Å². The zero-order valence-electron chi connectivity index (χ0n) is 4.93. The van der Waals surface area contributed by atoms with Gasteiger partial charge in [0.15, 0.2) is 0 Å². The van der Waals surface area contributed by atoms with Crippen LogP contribution in [0.4, 0.5) is 0 Å². The average Bonchev–Trinajstić information content (AvgIpc) is 1.61. The van der Waals surface area contributed by atoms with Crippen molar-refractivity contribution in [2.75, 3.05) is 0 Å². The molecule has 0 heterocycles. The predicted molar refractivity (Wildman–Crippen MR) is 27.7 cm³/mol. The lowest BCUT2D eigenvalue weighted by molar-refractivity contribution is -0.244. The molecule has 46 valence electrons. The summed E-state index contributed by atoms with van der Waals surface area (Å²) < 4.78 is 0. The summed E-state index contributed by atoms with van der Waals surface area (Å²) in [5.41, 5.74) is 0. The number of hydrogen-bond donors (Lipinski definition) is 0. The highest BCUT2D eigenvalue weighted by molar-refractivity contribution is 5.65. The molecule has 0 aromatic heterocycles. The lowest BCUT2D eigenvalue weighted by atomic mass is 10.7. The molecule has 0 bridgehead atoms. The molecule has 0 saturated carbocycles. The molecule has 0 N–H and O–H groups in total. The quantitative estimate of drug-likeness (QED) is 0.307. The van der Waals surface area contributed by atoms with Crippen LogP contribution in [-0.2, 0) is 14.6 Å². The molecular formula is C5H8O3. The first-order valence-electron chi connectivity index (χ1n) is 2.13. The third-order valence-corrected chi connectivity index (χ3v) is 0.301. The number of carbonyl (C=O) groups is 1. The molecule has 0 saturated heterocycles. The van der Waals surface area contributed by atoms with Crippen LogP contribution in [0.5, 0.6) is 0 Å². The Morgan fingerprint density at radius 1 is 1.38 bits per heavy atom. The number of rotatable bonds is 2. The van der Waals surface area contributed by atoms with Crippen LogP contribution in [0, 0.1) is 0 Å². The van der Waals surface area contributed by atoms with E-state index < -0.39 is 5.97 Å². The fraction of sp³-hybridized carbons (Fsp3) is 0.400. The van der Waals surface area contributed by atoms with Crippen LogP contribution in [0.25, 0.3) is 0 Å². The van der Waals surface area contributed by atoms with Gasteiger partial charge in [0.2, 0.25) is 0 Å². The minimum atomic E-state index is -0.479. The van der Waals surface area contributed by atoms with Crippen molar-refractivity contribution in [3.63, 3.8) is 0 Å². The van der Waals surface area contributed by atoms with Gasteiger partial charge in [-0.05, 0) is 6.92 Å². The maximum atomic E-state index is 9.96. The van der Waals surface area contributed by atoms with Gasteiger partial charge < -0.3 is 0 Å². The zero-order chi connectivity index (χ0) is 6.57. The molecule has 0 fully saturated rings. The van der Waals surface area contributed by atoms with Crippen LogP contribution in [0.3, 0.4) is 0 Å². The second kappa shape index (κ2) is 3.07. The van der Waals surface area contributed by atoms with E-state index in [4.69, 9.17) is 0 Å². The third kappa shape index (κ3) is 5.01. The molecule has 0 aliphatic rings. The summed E-state index contributed by atoms with van der Waals surface area (Å²) in [7, 11) is 0. The monoisotopic (exact) mass is 116 g/mol. The Balaban J connectivity index is 3.18. The maximum absolute atomic E-state index is 9.96. The molecule has 0 aliphatic heterocycles. The molecule has 0 spiro atoms. The topological polar surface area (TPSA) is 35.5 Å². The number of carbonyl (C=O) groups excluding carboxylic acids is 1. The van der Waals surface area contributed by atoms with Crippen LogP contribution < -0.4 is 0 Å². The third-order valence-electron chi connectivity index (χ3n) is 0.301. The summed E-state index contributed by atoms with van der Waals surface area (Å²) in [4.78, 5) is 18.3. The minimum absolute atomic E-state index is 0.361. The normalized spacial score (nSPS) is 7.75. The smallest absolute Gasteiger partial charge is 0.293 e. The van der Waals surface area contributed by atoms with E-state index >= 15 is 0 Å². The number of hydrogen-bond acceptors (Lipinski definition) is 3. The molecule has 0 aliphatic carbocycles. The largest absolute Gasteiger partial charge is 0.352 e. The zero-order valence-corrected chi connectivity index (χ0v) is 4.93. The van der Waals surface area contributed by atoms with Crippen molar-refractivity contribution in [3.8, 4) is 0 Å². The van der Waals surface area contributed by atoms with E-state index in [2.05, 4.69) is 16.4 Å². The standard InChI is InChI=1S/C5H8O3/c1-4(2)7-8-5(3)6/h1H2,2-3H3. The molecule has 0 aromatic rings. The highest BCUT2D eigenvalue weighted by Gasteiger charge is 1.90. The summed E-state index contributed by atoms with van der Waals surface area (Å²) in [6.07, 6.45) is 0.